The second-order valence-electron chi connectivity index (χ2n) is 3.91. The van der Waals surface area contributed by atoms with Gasteiger partial charge in [0.2, 0.25) is 0 Å². The first-order chi connectivity index (χ1) is 8.27. The Labute approximate surface area is 106 Å². The van der Waals surface area contributed by atoms with Crippen LogP contribution in [0.25, 0.3) is 11.2 Å². The molecule has 2 aromatic rings. The molecule has 0 unspecified atom stereocenters. The SMILES string of the molecule is COCCn1c(CCCl)nc2c(C)ccnc21. The fourth-order valence-corrected chi connectivity index (χ4v) is 2.05. The zero-order valence-electron chi connectivity index (χ0n) is 10.1. The third kappa shape index (κ3) is 2.42. The van der Waals surface area contributed by atoms with Gasteiger partial charge in [-0.1, -0.05) is 0 Å². The smallest absolute Gasteiger partial charge is 0.160 e. The molecular formula is C12H16ClN3O. The van der Waals surface area contributed by atoms with Crippen molar-refractivity contribution in [2.24, 2.45) is 0 Å². The number of rotatable bonds is 5. The fourth-order valence-electron chi connectivity index (χ4n) is 1.88. The largest absolute Gasteiger partial charge is 0.383 e. The van der Waals surface area contributed by atoms with E-state index < -0.39 is 0 Å². The molecule has 0 saturated heterocycles. The first-order valence-corrected chi connectivity index (χ1v) is 6.17. The number of aryl methyl sites for hydroxylation is 2. The highest BCUT2D eigenvalue weighted by molar-refractivity contribution is 6.17. The van der Waals surface area contributed by atoms with Crippen LogP contribution in [0.2, 0.25) is 0 Å². The molecule has 92 valence electrons. The number of pyridine rings is 1. The van der Waals surface area contributed by atoms with Crippen molar-refractivity contribution in [3.63, 3.8) is 0 Å². The maximum absolute atomic E-state index is 5.80. The van der Waals surface area contributed by atoms with Crippen molar-refractivity contribution in [2.45, 2.75) is 19.9 Å². The first kappa shape index (κ1) is 12.3. The number of imidazole rings is 1. The lowest BCUT2D eigenvalue weighted by Gasteiger charge is -2.06. The molecule has 0 spiro atoms. The number of ether oxygens (including phenoxy) is 1. The Bertz CT molecular complexity index is 510. The summed E-state index contributed by atoms with van der Waals surface area (Å²) in [4.78, 5) is 9.01. The molecule has 0 atom stereocenters. The molecule has 4 nitrogen and oxygen atoms in total. The number of nitrogens with zero attached hydrogens (tertiary/aromatic N) is 3. The minimum atomic E-state index is 0.565. The molecule has 2 aromatic heterocycles. The van der Waals surface area contributed by atoms with E-state index in [2.05, 4.69) is 14.5 Å². The predicted octanol–water partition coefficient (Wildman–Crippen LogP) is 2.17. The van der Waals surface area contributed by atoms with Crippen LogP contribution in [-0.4, -0.2) is 34.1 Å². The predicted molar refractivity (Wildman–Crippen MR) is 68.6 cm³/mol. The zero-order chi connectivity index (χ0) is 12.3. The second kappa shape index (κ2) is 5.47. The molecule has 2 heterocycles. The van der Waals surface area contributed by atoms with E-state index in [0.29, 0.717) is 12.5 Å². The van der Waals surface area contributed by atoms with Gasteiger partial charge in [0, 0.05) is 32.2 Å². The average molecular weight is 254 g/mol. The Morgan fingerprint density at radius 3 is 3.00 bits per heavy atom. The van der Waals surface area contributed by atoms with E-state index in [1.165, 1.54) is 0 Å². The molecule has 0 aliphatic heterocycles. The van der Waals surface area contributed by atoms with Gasteiger partial charge in [0.1, 0.15) is 11.3 Å². The summed E-state index contributed by atoms with van der Waals surface area (Å²) < 4.78 is 7.21. The second-order valence-corrected chi connectivity index (χ2v) is 4.29. The van der Waals surface area contributed by atoms with E-state index in [1.807, 2.05) is 19.2 Å². The molecule has 0 saturated carbocycles. The molecular weight excluding hydrogens is 238 g/mol. The third-order valence-corrected chi connectivity index (χ3v) is 2.94. The van der Waals surface area contributed by atoms with Crippen LogP contribution >= 0.6 is 11.6 Å². The molecule has 0 N–H and O–H groups in total. The maximum Gasteiger partial charge on any atom is 0.160 e. The van der Waals surface area contributed by atoms with Crippen molar-refractivity contribution in [1.29, 1.82) is 0 Å². The highest BCUT2D eigenvalue weighted by Gasteiger charge is 2.12. The Balaban J connectivity index is 2.50. The van der Waals surface area contributed by atoms with Crippen molar-refractivity contribution in [1.82, 2.24) is 14.5 Å². The highest BCUT2D eigenvalue weighted by Crippen LogP contribution is 2.18. The van der Waals surface area contributed by atoms with Gasteiger partial charge in [-0.15, -0.1) is 11.6 Å². The number of fused-ring (bicyclic) bond motifs is 1. The van der Waals surface area contributed by atoms with Gasteiger partial charge >= 0.3 is 0 Å². The topological polar surface area (TPSA) is 39.9 Å². The minimum Gasteiger partial charge on any atom is -0.383 e. The van der Waals surface area contributed by atoms with Gasteiger partial charge in [0.25, 0.3) is 0 Å². The van der Waals surface area contributed by atoms with Crippen molar-refractivity contribution >= 4 is 22.8 Å². The summed E-state index contributed by atoms with van der Waals surface area (Å²) in [7, 11) is 1.69. The van der Waals surface area contributed by atoms with Gasteiger partial charge in [-0.05, 0) is 18.6 Å². The van der Waals surface area contributed by atoms with Gasteiger partial charge < -0.3 is 9.30 Å². The number of aromatic nitrogens is 3. The summed E-state index contributed by atoms with van der Waals surface area (Å²) in [5.41, 5.74) is 3.02. The lowest BCUT2D eigenvalue weighted by molar-refractivity contribution is 0.187. The summed E-state index contributed by atoms with van der Waals surface area (Å²) in [5, 5.41) is 0. The van der Waals surface area contributed by atoms with Crippen LogP contribution in [0, 0.1) is 6.92 Å². The normalized spacial score (nSPS) is 11.2. The molecule has 0 amide bonds. The van der Waals surface area contributed by atoms with E-state index in [1.54, 1.807) is 7.11 Å². The van der Waals surface area contributed by atoms with Crippen molar-refractivity contribution in [3.8, 4) is 0 Å². The Morgan fingerprint density at radius 1 is 1.47 bits per heavy atom. The fraction of sp³-hybridized carbons (Fsp3) is 0.500. The lowest BCUT2D eigenvalue weighted by atomic mass is 10.3. The number of hydrogen-bond donors (Lipinski definition) is 0. The number of methoxy groups -OCH3 is 1. The molecule has 0 aromatic carbocycles. The molecule has 0 fully saturated rings. The molecule has 17 heavy (non-hydrogen) atoms. The van der Waals surface area contributed by atoms with Gasteiger partial charge in [-0.25, -0.2) is 9.97 Å². The molecule has 2 rings (SSSR count). The van der Waals surface area contributed by atoms with Crippen molar-refractivity contribution in [2.75, 3.05) is 19.6 Å². The highest BCUT2D eigenvalue weighted by atomic mass is 35.5. The summed E-state index contributed by atoms with van der Waals surface area (Å²) in [6.07, 6.45) is 2.56. The number of halogens is 1. The lowest BCUT2D eigenvalue weighted by Crippen LogP contribution is -2.09. The summed E-state index contributed by atoms with van der Waals surface area (Å²) in [6, 6.07) is 1.97. The van der Waals surface area contributed by atoms with Crippen LogP contribution < -0.4 is 0 Å². The number of hydrogen-bond acceptors (Lipinski definition) is 3. The van der Waals surface area contributed by atoms with E-state index in [4.69, 9.17) is 16.3 Å². The van der Waals surface area contributed by atoms with E-state index >= 15 is 0 Å². The molecule has 0 aliphatic rings. The van der Waals surface area contributed by atoms with E-state index in [9.17, 15) is 0 Å². The van der Waals surface area contributed by atoms with Gasteiger partial charge in [0.05, 0.1) is 6.61 Å². The van der Waals surface area contributed by atoms with Crippen LogP contribution in [0.15, 0.2) is 12.3 Å². The quantitative estimate of drug-likeness (QED) is 0.767. The zero-order valence-corrected chi connectivity index (χ0v) is 10.9. The van der Waals surface area contributed by atoms with Gasteiger partial charge in [-0.2, -0.15) is 0 Å². The summed E-state index contributed by atoms with van der Waals surface area (Å²) in [6.45, 7) is 3.45. The molecule has 0 aliphatic carbocycles. The average Bonchev–Trinajstić information content (AvgIpc) is 2.67. The summed E-state index contributed by atoms with van der Waals surface area (Å²) >= 11 is 5.80. The van der Waals surface area contributed by atoms with E-state index in [0.717, 1.165) is 35.5 Å². The van der Waals surface area contributed by atoms with Crippen LogP contribution in [0.3, 0.4) is 0 Å². The van der Waals surface area contributed by atoms with Crippen LogP contribution in [-0.2, 0) is 17.7 Å². The van der Waals surface area contributed by atoms with Crippen molar-refractivity contribution < 1.29 is 4.74 Å². The van der Waals surface area contributed by atoms with Crippen LogP contribution in [0.4, 0.5) is 0 Å². The van der Waals surface area contributed by atoms with Crippen molar-refractivity contribution in [3.05, 3.63) is 23.7 Å². The third-order valence-electron chi connectivity index (χ3n) is 2.75. The monoisotopic (exact) mass is 253 g/mol. The minimum absolute atomic E-state index is 0.565. The Morgan fingerprint density at radius 2 is 2.29 bits per heavy atom. The van der Waals surface area contributed by atoms with Crippen LogP contribution in [0.5, 0.6) is 0 Å². The standard InChI is InChI=1S/C12H16ClN3O/c1-9-4-6-14-12-11(9)15-10(3-5-13)16(12)7-8-17-2/h4,6H,3,5,7-8H2,1-2H3. The van der Waals surface area contributed by atoms with Gasteiger partial charge in [0.15, 0.2) is 5.65 Å². The maximum atomic E-state index is 5.80. The Hall–Kier alpha value is -1.13. The molecule has 0 radical (unpaired) electrons. The molecule has 0 bridgehead atoms. The molecule has 5 heteroatoms. The summed E-state index contributed by atoms with van der Waals surface area (Å²) in [5.74, 6) is 1.55. The van der Waals surface area contributed by atoms with Crippen LogP contribution in [0.1, 0.15) is 11.4 Å². The van der Waals surface area contributed by atoms with E-state index in [-0.39, 0.29) is 0 Å². The number of alkyl halides is 1. The van der Waals surface area contributed by atoms with Gasteiger partial charge in [-0.3, -0.25) is 0 Å². The first-order valence-electron chi connectivity index (χ1n) is 5.63. The Kier molecular flexibility index (Phi) is 3.97.